The largest absolute Gasteiger partial charge is 0.364 e. The zero-order valence-corrected chi connectivity index (χ0v) is 9.46. The van der Waals surface area contributed by atoms with E-state index in [1.54, 1.807) is 0 Å². The zero-order chi connectivity index (χ0) is 12.1. The second-order valence-electron chi connectivity index (χ2n) is 3.95. The van der Waals surface area contributed by atoms with E-state index in [-0.39, 0.29) is 18.1 Å². The molecule has 0 aromatic carbocycles. The van der Waals surface area contributed by atoms with Crippen LogP contribution in [0.5, 0.6) is 0 Å². The molecule has 2 rings (SSSR count). The second-order valence-corrected chi connectivity index (χ2v) is 3.95. The van der Waals surface area contributed by atoms with E-state index in [4.69, 9.17) is 10.5 Å². The summed E-state index contributed by atoms with van der Waals surface area (Å²) < 4.78 is 10.1. The number of hydrogen-bond acceptors (Lipinski definition) is 6. The Kier molecular flexibility index (Phi) is 4.05. The van der Waals surface area contributed by atoms with Gasteiger partial charge in [0, 0.05) is 19.5 Å². The van der Waals surface area contributed by atoms with E-state index in [2.05, 4.69) is 20.0 Å². The summed E-state index contributed by atoms with van der Waals surface area (Å²) in [5, 5.41) is 6.43. The van der Waals surface area contributed by atoms with Crippen LogP contribution in [0.25, 0.3) is 0 Å². The predicted octanol–water partition coefficient (Wildman–Crippen LogP) is -0.765. The number of nitrogens with two attached hydrogens (primary N) is 1. The van der Waals surface area contributed by atoms with Gasteiger partial charge in [-0.3, -0.25) is 4.79 Å². The van der Waals surface area contributed by atoms with Gasteiger partial charge in [-0.2, -0.15) is 4.98 Å². The molecule has 0 spiro atoms. The first kappa shape index (κ1) is 12.0. The molecule has 0 saturated carbocycles. The van der Waals surface area contributed by atoms with Gasteiger partial charge < -0.3 is 20.3 Å². The standard InChI is InChI=1S/C10H16N4O3/c11-5-7-1-2-8(17-7)10(15)12-4-3-9-13-6-16-14-9/h6-8H,1-5,11H2,(H,12,15). The minimum absolute atomic E-state index is 0.0166. The Morgan fingerprint density at radius 2 is 2.47 bits per heavy atom. The first-order valence-corrected chi connectivity index (χ1v) is 5.68. The van der Waals surface area contributed by atoms with Crippen LogP contribution in [-0.4, -0.2) is 41.3 Å². The molecule has 1 amide bonds. The van der Waals surface area contributed by atoms with Crippen molar-refractivity contribution in [3.8, 4) is 0 Å². The molecule has 94 valence electrons. The second kappa shape index (κ2) is 5.74. The van der Waals surface area contributed by atoms with Crippen molar-refractivity contribution in [3.05, 3.63) is 12.2 Å². The highest BCUT2D eigenvalue weighted by Crippen LogP contribution is 2.18. The van der Waals surface area contributed by atoms with Crippen molar-refractivity contribution < 1.29 is 14.1 Å². The molecule has 3 N–H and O–H groups in total. The molecule has 1 aliphatic heterocycles. The van der Waals surface area contributed by atoms with E-state index in [0.29, 0.717) is 25.3 Å². The number of nitrogens with one attached hydrogen (secondary N) is 1. The molecule has 2 heterocycles. The summed E-state index contributed by atoms with van der Waals surface area (Å²) in [6.45, 7) is 0.943. The van der Waals surface area contributed by atoms with Crippen LogP contribution in [0.15, 0.2) is 10.9 Å². The average molecular weight is 240 g/mol. The van der Waals surface area contributed by atoms with Gasteiger partial charge in [0.25, 0.3) is 0 Å². The maximum Gasteiger partial charge on any atom is 0.249 e. The molecule has 1 saturated heterocycles. The predicted molar refractivity (Wildman–Crippen MR) is 58.0 cm³/mol. The molecule has 1 aromatic heterocycles. The number of amides is 1. The van der Waals surface area contributed by atoms with Crippen LogP contribution in [0.3, 0.4) is 0 Å². The fourth-order valence-electron chi connectivity index (χ4n) is 1.79. The maximum absolute atomic E-state index is 11.7. The Morgan fingerprint density at radius 1 is 1.59 bits per heavy atom. The third-order valence-corrected chi connectivity index (χ3v) is 2.72. The van der Waals surface area contributed by atoms with Gasteiger partial charge in [-0.05, 0) is 12.8 Å². The molecule has 0 radical (unpaired) electrons. The normalized spacial score (nSPS) is 23.8. The maximum atomic E-state index is 11.7. The number of carbonyl (C=O) groups excluding carboxylic acids is 1. The van der Waals surface area contributed by atoms with E-state index in [9.17, 15) is 4.79 Å². The van der Waals surface area contributed by atoms with Crippen LogP contribution in [0.4, 0.5) is 0 Å². The van der Waals surface area contributed by atoms with Gasteiger partial charge in [-0.25, -0.2) is 0 Å². The lowest BCUT2D eigenvalue weighted by atomic mass is 10.2. The quantitative estimate of drug-likeness (QED) is 0.700. The minimum Gasteiger partial charge on any atom is -0.364 e. The molecule has 7 heteroatoms. The van der Waals surface area contributed by atoms with Gasteiger partial charge in [0.05, 0.1) is 6.10 Å². The minimum atomic E-state index is -0.367. The van der Waals surface area contributed by atoms with E-state index < -0.39 is 0 Å². The summed E-state index contributed by atoms with van der Waals surface area (Å²) in [6, 6.07) is 0. The van der Waals surface area contributed by atoms with Crippen LogP contribution in [0.1, 0.15) is 18.7 Å². The van der Waals surface area contributed by atoms with E-state index in [1.165, 1.54) is 6.39 Å². The highest BCUT2D eigenvalue weighted by Gasteiger charge is 2.29. The number of rotatable bonds is 5. The first-order valence-electron chi connectivity index (χ1n) is 5.68. The number of carbonyl (C=O) groups is 1. The summed E-state index contributed by atoms with van der Waals surface area (Å²) in [4.78, 5) is 15.6. The number of hydrogen-bond donors (Lipinski definition) is 2. The first-order chi connectivity index (χ1) is 8.29. The zero-order valence-electron chi connectivity index (χ0n) is 9.46. The molecular weight excluding hydrogens is 224 g/mol. The van der Waals surface area contributed by atoms with Crippen LogP contribution in [0.2, 0.25) is 0 Å². The van der Waals surface area contributed by atoms with Crippen LogP contribution < -0.4 is 11.1 Å². The van der Waals surface area contributed by atoms with E-state index >= 15 is 0 Å². The number of ether oxygens (including phenoxy) is 1. The molecule has 2 atom stereocenters. The van der Waals surface area contributed by atoms with Gasteiger partial charge in [-0.1, -0.05) is 5.16 Å². The lowest BCUT2D eigenvalue weighted by Gasteiger charge is -2.11. The molecule has 1 aliphatic rings. The SMILES string of the molecule is NCC1CCC(C(=O)NCCc2ncon2)O1. The summed E-state index contributed by atoms with van der Waals surface area (Å²) in [7, 11) is 0. The highest BCUT2D eigenvalue weighted by atomic mass is 16.5. The Labute approximate surface area is 98.7 Å². The molecule has 2 unspecified atom stereocenters. The van der Waals surface area contributed by atoms with Crippen LogP contribution in [-0.2, 0) is 16.0 Å². The van der Waals surface area contributed by atoms with Crippen molar-refractivity contribution in [1.82, 2.24) is 15.5 Å². The van der Waals surface area contributed by atoms with Gasteiger partial charge >= 0.3 is 0 Å². The van der Waals surface area contributed by atoms with Crippen molar-refractivity contribution >= 4 is 5.91 Å². The topological polar surface area (TPSA) is 103 Å². The van der Waals surface area contributed by atoms with E-state index in [0.717, 1.165) is 12.8 Å². The molecule has 1 fully saturated rings. The van der Waals surface area contributed by atoms with Gasteiger partial charge in [0.15, 0.2) is 5.82 Å². The molecule has 7 nitrogen and oxygen atoms in total. The molecule has 0 aliphatic carbocycles. The Bertz CT molecular complexity index is 354. The summed E-state index contributed by atoms with van der Waals surface area (Å²) in [5.74, 6) is 0.488. The summed E-state index contributed by atoms with van der Waals surface area (Å²) >= 11 is 0. The Balaban J connectivity index is 1.67. The Morgan fingerprint density at radius 3 is 3.12 bits per heavy atom. The van der Waals surface area contributed by atoms with Crippen LogP contribution in [0, 0.1) is 0 Å². The van der Waals surface area contributed by atoms with Gasteiger partial charge in [0.1, 0.15) is 6.10 Å². The molecule has 0 bridgehead atoms. The highest BCUT2D eigenvalue weighted by molar-refractivity contribution is 5.80. The summed E-state index contributed by atoms with van der Waals surface area (Å²) in [5.41, 5.74) is 5.48. The number of nitrogens with zero attached hydrogens (tertiary/aromatic N) is 2. The smallest absolute Gasteiger partial charge is 0.249 e. The van der Waals surface area contributed by atoms with Gasteiger partial charge in [-0.15, -0.1) is 0 Å². The van der Waals surface area contributed by atoms with Crippen molar-refractivity contribution in [2.45, 2.75) is 31.5 Å². The van der Waals surface area contributed by atoms with Crippen molar-refractivity contribution in [3.63, 3.8) is 0 Å². The Hall–Kier alpha value is -1.47. The third kappa shape index (κ3) is 3.24. The van der Waals surface area contributed by atoms with Crippen molar-refractivity contribution in [2.24, 2.45) is 5.73 Å². The van der Waals surface area contributed by atoms with Crippen molar-refractivity contribution in [1.29, 1.82) is 0 Å². The monoisotopic (exact) mass is 240 g/mol. The van der Waals surface area contributed by atoms with Gasteiger partial charge in [0.2, 0.25) is 12.3 Å². The lowest BCUT2D eigenvalue weighted by Crippen LogP contribution is -2.36. The molecule has 1 aromatic rings. The third-order valence-electron chi connectivity index (χ3n) is 2.72. The van der Waals surface area contributed by atoms with Crippen LogP contribution >= 0.6 is 0 Å². The lowest BCUT2D eigenvalue weighted by molar-refractivity contribution is -0.131. The van der Waals surface area contributed by atoms with Crippen molar-refractivity contribution in [2.75, 3.05) is 13.1 Å². The fraction of sp³-hybridized carbons (Fsp3) is 0.700. The fourth-order valence-corrected chi connectivity index (χ4v) is 1.79. The number of aromatic nitrogens is 2. The molecule has 17 heavy (non-hydrogen) atoms. The summed E-state index contributed by atoms with van der Waals surface area (Å²) in [6.07, 6.45) is 3.05. The average Bonchev–Trinajstić information content (AvgIpc) is 2.99. The van der Waals surface area contributed by atoms with E-state index in [1.807, 2.05) is 0 Å². The molecular formula is C10H16N4O3.